The molecule has 0 aromatic heterocycles. The van der Waals surface area contributed by atoms with Gasteiger partial charge < -0.3 is 25.2 Å². The molecule has 0 aliphatic heterocycles. The monoisotopic (exact) mass is 781 g/mol. The van der Waals surface area contributed by atoms with E-state index in [4.69, 9.17) is 13.8 Å². The maximum Gasteiger partial charge on any atom is 0.472 e. The molecule has 0 rings (SSSR count). The highest BCUT2D eigenvalue weighted by Gasteiger charge is 2.28. The van der Waals surface area contributed by atoms with Crippen LogP contribution >= 0.6 is 7.82 Å². The second-order valence-corrected chi connectivity index (χ2v) is 14.9. The molecule has 1 amide bonds. The Morgan fingerprint density at radius 3 is 1.61 bits per heavy atom. The number of carbonyl (C=O) groups excluding carboxylic acids is 2. The molecule has 0 bridgehead atoms. The van der Waals surface area contributed by atoms with Gasteiger partial charge in [0, 0.05) is 12.8 Å². The molecule has 3 atom stereocenters. The highest BCUT2D eigenvalue weighted by atomic mass is 31.2. The van der Waals surface area contributed by atoms with E-state index in [2.05, 4.69) is 79.9 Å². The minimum atomic E-state index is -4.76. The summed E-state index contributed by atoms with van der Waals surface area (Å²) < 4.78 is 26.7. The molecule has 12 heteroatoms. The summed E-state index contributed by atoms with van der Waals surface area (Å²) in [6.45, 7) is 2.42. The van der Waals surface area contributed by atoms with E-state index in [1.807, 2.05) is 0 Å². The van der Waals surface area contributed by atoms with Crippen LogP contribution < -0.4 is 5.32 Å². The summed E-state index contributed by atoms with van der Waals surface area (Å²) in [5.41, 5.74) is 0. The third-order valence-corrected chi connectivity index (χ3v) is 9.27. The SMILES string of the molecule is CC/C=C\C/C=C\C/C=C\C/C=C\C/C=C\CCCCCC(=O)NC(COP(=O)(O)OCC(O)COC(=O)CCCCCCCCCCCCC)C(=O)O. The van der Waals surface area contributed by atoms with Crippen molar-refractivity contribution in [2.24, 2.45) is 0 Å². The average Bonchev–Trinajstić information content (AvgIpc) is 3.14. The Bertz CT molecular complexity index is 1150. The van der Waals surface area contributed by atoms with Crippen molar-refractivity contribution in [3.63, 3.8) is 0 Å². The predicted octanol–water partition coefficient (Wildman–Crippen LogP) is 10.00. The molecule has 3 unspecified atom stereocenters. The summed E-state index contributed by atoms with van der Waals surface area (Å²) in [4.78, 5) is 45.8. The van der Waals surface area contributed by atoms with Gasteiger partial charge in [0.2, 0.25) is 5.91 Å². The first-order valence-electron chi connectivity index (χ1n) is 20.3. The van der Waals surface area contributed by atoms with E-state index in [-0.39, 0.29) is 12.8 Å². The van der Waals surface area contributed by atoms with Crippen LogP contribution in [0, 0.1) is 0 Å². The third-order valence-electron chi connectivity index (χ3n) is 8.32. The number of hydrogen-bond acceptors (Lipinski definition) is 8. The smallest absolute Gasteiger partial charge is 0.472 e. The zero-order valence-electron chi connectivity index (χ0n) is 33.3. The molecule has 0 aliphatic rings. The van der Waals surface area contributed by atoms with Crippen LogP contribution in [0.15, 0.2) is 60.8 Å². The zero-order valence-corrected chi connectivity index (χ0v) is 34.1. The van der Waals surface area contributed by atoms with Gasteiger partial charge in [0.15, 0.2) is 6.04 Å². The molecule has 0 fully saturated rings. The molecule has 310 valence electrons. The molecular formula is C42H72NO10P. The number of amides is 1. The van der Waals surface area contributed by atoms with E-state index < -0.39 is 57.6 Å². The molecule has 0 spiro atoms. The topological polar surface area (TPSA) is 169 Å². The Kier molecular flexibility index (Phi) is 35.2. The van der Waals surface area contributed by atoms with Crippen LogP contribution in [-0.4, -0.2) is 64.9 Å². The van der Waals surface area contributed by atoms with E-state index >= 15 is 0 Å². The number of carboxylic acids is 1. The summed E-state index contributed by atoms with van der Waals surface area (Å²) >= 11 is 0. The molecule has 0 saturated heterocycles. The van der Waals surface area contributed by atoms with E-state index in [0.717, 1.165) is 70.6 Å². The van der Waals surface area contributed by atoms with E-state index in [0.29, 0.717) is 12.8 Å². The number of unbranched alkanes of at least 4 members (excludes halogenated alkanes) is 13. The molecule has 0 saturated carbocycles. The van der Waals surface area contributed by atoms with Crippen molar-refractivity contribution in [2.45, 2.75) is 167 Å². The quantitative estimate of drug-likeness (QED) is 0.0206. The number of carboxylic acid groups (broad SMARTS) is 1. The molecule has 0 radical (unpaired) electrons. The van der Waals surface area contributed by atoms with Crippen LogP contribution in [0.4, 0.5) is 0 Å². The van der Waals surface area contributed by atoms with Gasteiger partial charge in [-0.25, -0.2) is 9.36 Å². The van der Waals surface area contributed by atoms with Gasteiger partial charge in [-0.3, -0.25) is 18.6 Å². The van der Waals surface area contributed by atoms with Crippen molar-refractivity contribution in [3.8, 4) is 0 Å². The first-order valence-corrected chi connectivity index (χ1v) is 21.8. The minimum absolute atomic E-state index is 0.104. The Labute approximate surface area is 326 Å². The molecule has 0 aromatic rings. The number of rotatable bonds is 37. The molecular weight excluding hydrogens is 709 g/mol. The largest absolute Gasteiger partial charge is 0.480 e. The van der Waals surface area contributed by atoms with Crippen LogP contribution in [0.3, 0.4) is 0 Å². The number of ether oxygens (including phenoxy) is 1. The first-order chi connectivity index (χ1) is 26.1. The maximum absolute atomic E-state index is 12.3. The number of aliphatic carboxylic acids is 1. The number of nitrogens with one attached hydrogen (secondary N) is 1. The van der Waals surface area contributed by atoms with Crippen LogP contribution in [-0.2, 0) is 32.7 Å². The fourth-order valence-corrected chi connectivity index (χ4v) is 5.94. The van der Waals surface area contributed by atoms with Crippen molar-refractivity contribution in [2.75, 3.05) is 19.8 Å². The first kappa shape index (κ1) is 51.2. The van der Waals surface area contributed by atoms with Crippen molar-refractivity contribution < 1.29 is 47.8 Å². The van der Waals surface area contributed by atoms with Gasteiger partial charge in [0.05, 0.1) is 13.2 Å². The number of hydrogen-bond donors (Lipinski definition) is 4. The fraction of sp³-hybridized carbons (Fsp3) is 0.690. The summed E-state index contributed by atoms with van der Waals surface area (Å²) in [5, 5.41) is 21.7. The molecule has 0 heterocycles. The highest BCUT2D eigenvalue weighted by Crippen LogP contribution is 2.43. The summed E-state index contributed by atoms with van der Waals surface area (Å²) in [7, 11) is -4.76. The van der Waals surface area contributed by atoms with Crippen molar-refractivity contribution in [1.29, 1.82) is 0 Å². The van der Waals surface area contributed by atoms with Gasteiger partial charge in [-0.1, -0.05) is 145 Å². The molecule has 0 aromatic carbocycles. The molecule has 54 heavy (non-hydrogen) atoms. The number of phosphoric ester groups is 1. The van der Waals surface area contributed by atoms with Crippen molar-refractivity contribution >= 4 is 25.7 Å². The Balaban J connectivity index is 4.02. The van der Waals surface area contributed by atoms with Gasteiger partial charge in [-0.2, -0.15) is 0 Å². The molecule has 0 aliphatic carbocycles. The van der Waals surface area contributed by atoms with Crippen LogP contribution in [0.1, 0.15) is 155 Å². The van der Waals surface area contributed by atoms with Gasteiger partial charge in [0.1, 0.15) is 12.7 Å². The average molecular weight is 782 g/mol. The zero-order chi connectivity index (χ0) is 40.0. The molecule has 4 N–H and O–H groups in total. The lowest BCUT2D eigenvalue weighted by atomic mass is 10.1. The second-order valence-electron chi connectivity index (χ2n) is 13.4. The van der Waals surface area contributed by atoms with E-state index in [1.54, 1.807) is 0 Å². The normalized spacial score (nSPS) is 14.4. The third kappa shape index (κ3) is 36.2. The minimum Gasteiger partial charge on any atom is -0.480 e. The van der Waals surface area contributed by atoms with Crippen molar-refractivity contribution in [3.05, 3.63) is 60.8 Å². The maximum atomic E-state index is 12.3. The highest BCUT2D eigenvalue weighted by molar-refractivity contribution is 7.47. The second kappa shape index (κ2) is 37.1. The fourth-order valence-electron chi connectivity index (χ4n) is 5.16. The Morgan fingerprint density at radius 1 is 0.611 bits per heavy atom. The summed E-state index contributed by atoms with van der Waals surface area (Å²) in [5.74, 6) is -2.43. The van der Waals surface area contributed by atoms with Gasteiger partial charge in [-0.05, 0) is 57.8 Å². The summed E-state index contributed by atoms with van der Waals surface area (Å²) in [6.07, 6.45) is 41.1. The number of carbonyl (C=O) groups is 3. The Hall–Kier alpha value is -2.82. The lowest BCUT2D eigenvalue weighted by Crippen LogP contribution is -2.43. The number of esters is 1. The number of allylic oxidation sites excluding steroid dienone is 10. The number of phosphoric acid groups is 1. The van der Waals surface area contributed by atoms with E-state index in [1.165, 1.54) is 44.9 Å². The van der Waals surface area contributed by atoms with Gasteiger partial charge in [-0.15, -0.1) is 0 Å². The Morgan fingerprint density at radius 2 is 1.07 bits per heavy atom. The lowest BCUT2D eigenvalue weighted by Gasteiger charge is -2.18. The van der Waals surface area contributed by atoms with E-state index in [9.17, 15) is 34.1 Å². The summed E-state index contributed by atoms with van der Waals surface area (Å²) in [6, 6.07) is -1.57. The number of aliphatic hydroxyl groups excluding tert-OH is 1. The van der Waals surface area contributed by atoms with Crippen LogP contribution in [0.5, 0.6) is 0 Å². The lowest BCUT2D eigenvalue weighted by molar-refractivity contribution is -0.147. The predicted molar refractivity (Wildman–Crippen MR) is 217 cm³/mol. The number of aliphatic hydroxyl groups is 1. The van der Waals surface area contributed by atoms with Gasteiger partial charge >= 0.3 is 19.8 Å². The van der Waals surface area contributed by atoms with Crippen LogP contribution in [0.25, 0.3) is 0 Å². The van der Waals surface area contributed by atoms with Crippen LogP contribution in [0.2, 0.25) is 0 Å². The van der Waals surface area contributed by atoms with Gasteiger partial charge in [0.25, 0.3) is 0 Å². The van der Waals surface area contributed by atoms with Crippen molar-refractivity contribution in [1.82, 2.24) is 5.32 Å². The molecule has 11 nitrogen and oxygen atoms in total. The standard InChI is InChI=1S/C42H72NO10P/c1-3-5-7-9-11-13-15-16-17-18-19-20-21-22-24-25-27-29-31-33-40(45)43-39(42(47)48)37-53-54(49,50)52-36-38(44)35-51-41(46)34-32-30-28-26-23-14-12-10-8-6-4-2/h5,7,11,13,16-17,19-20,22,24,38-39,44H,3-4,6,8-10,12,14-15,18,21,23,25-37H2,1-2H3,(H,43,45)(H,47,48)(H,49,50)/b7-5-,13-11-,17-16-,20-19-,24-22-.